The van der Waals surface area contributed by atoms with Crippen LogP contribution in [0.15, 0.2) is 0 Å². The lowest BCUT2D eigenvalue weighted by Gasteiger charge is -2.28. The SMILES string of the molecule is C#CCNCC(C)(C)NC(=O)OC(C)(C)C. The molecule has 0 aromatic heterocycles. The van der Waals surface area contributed by atoms with Crippen LogP contribution in [0.25, 0.3) is 0 Å². The second kappa shape index (κ2) is 5.76. The highest BCUT2D eigenvalue weighted by Crippen LogP contribution is 2.08. The molecule has 4 heteroatoms. The molecule has 0 unspecified atom stereocenters. The Kier molecular flexibility index (Phi) is 5.32. The lowest BCUT2D eigenvalue weighted by molar-refractivity contribution is 0.0472. The number of rotatable bonds is 4. The van der Waals surface area contributed by atoms with Gasteiger partial charge < -0.3 is 15.4 Å². The number of amides is 1. The quantitative estimate of drug-likeness (QED) is 0.564. The van der Waals surface area contributed by atoms with Crippen molar-refractivity contribution in [2.75, 3.05) is 13.1 Å². The predicted molar refractivity (Wildman–Crippen MR) is 65.2 cm³/mol. The minimum atomic E-state index is -0.480. The maximum atomic E-state index is 11.5. The molecule has 0 aliphatic heterocycles. The van der Waals surface area contributed by atoms with E-state index < -0.39 is 11.7 Å². The van der Waals surface area contributed by atoms with Crippen molar-refractivity contribution < 1.29 is 9.53 Å². The molecular weight excluding hydrogens is 204 g/mol. The molecule has 0 bridgehead atoms. The van der Waals surface area contributed by atoms with Crippen molar-refractivity contribution in [1.29, 1.82) is 0 Å². The summed E-state index contributed by atoms with van der Waals surface area (Å²) in [5.41, 5.74) is -0.869. The third-order valence-electron chi connectivity index (χ3n) is 1.63. The summed E-state index contributed by atoms with van der Waals surface area (Å²) >= 11 is 0. The monoisotopic (exact) mass is 226 g/mol. The van der Waals surface area contributed by atoms with Crippen LogP contribution in [-0.4, -0.2) is 30.3 Å². The van der Waals surface area contributed by atoms with Crippen LogP contribution in [0.2, 0.25) is 0 Å². The highest BCUT2D eigenvalue weighted by molar-refractivity contribution is 5.68. The molecule has 16 heavy (non-hydrogen) atoms. The molecule has 0 spiro atoms. The van der Waals surface area contributed by atoms with Crippen molar-refractivity contribution in [3.05, 3.63) is 0 Å². The topological polar surface area (TPSA) is 50.4 Å². The molecule has 0 atom stereocenters. The van der Waals surface area contributed by atoms with Gasteiger partial charge in [-0.2, -0.15) is 0 Å². The van der Waals surface area contributed by atoms with E-state index in [0.29, 0.717) is 13.1 Å². The van der Waals surface area contributed by atoms with Crippen molar-refractivity contribution in [3.63, 3.8) is 0 Å². The summed E-state index contributed by atoms with van der Waals surface area (Å²) in [5.74, 6) is 2.48. The molecule has 0 aromatic carbocycles. The predicted octanol–water partition coefficient (Wildman–Crippen LogP) is 1.51. The Hall–Kier alpha value is -1.21. The zero-order valence-corrected chi connectivity index (χ0v) is 10.8. The number of hydrogen-bond acceptors (Lipinski definition) is 3. The van der Waals surface area contributed by atoms with Crippen LogP contribution in [0.4, 0.5) is 4.79 Å². The Bertz CT molecular complexity index is 272. The molecule has 92 valence electrons. The summed E-state index contributed by atoms with van der Waals surface area (Å²) in [4.78, 5) is 11.5. The molecule has 0 saturated heterocycles. The second-order valence-electron chi connectivity index (χ2n) is 5.32. The number of ether oxygens (including phenoxy) is 1. The maximum absolute atomic E-state index is 11.5. The largest absolute Gasteiger partial charge is 0.444 e. The van der Waals surface area contributed by atoms with E-state index in [1.54, 1.807) is 0 Å². The first kappa shape index (κ1) is 14.8. The smallest absolute Gasteiger partial charge is 0.408 e. The van der Waals surface area contributed by atoms with Crippen LogP contribution in [0, 0.1) is 12.3 Å². The van der Waals surface area contributed by atoms with Gasteiger partial charge in [0.15, 0.2) is 0 Å². The Labute approximate surface area is 98.1 Å². The first-order valence-electron chi connectivity index (χ1n) is 5.32. The van der Waals surface area contributed by atoms with Gasteiger partial charge in [-0.05, 0) is 34.6 Å². The van der Waals surface area contributed by atoms with Crippen LogP contribution in [-0.2, 0) is 4.74 Å². The average molecular weight is 226 g/mol. The molecule has 2 N–H and O–H groups in total. The number of terminal acetylenes is 1. The zero-order valence-electron chi connectivity index (χ0n) is 10.8. The van der Waals surface area contributed by atoms with Gasteiger partial charge in [-0.3, -0.25) is 0 Å². The molecule has 0 heterocycles. The molecule has 0 aliphatic rings. The molecule has 0 aliphatic carbocycles. The first-order valence-corrected chi connectivity index (χ1v) is 5.32. The highest BCUT2D eigenvalue weighted by Gasteiger charge is 2.23. The van der Waals surface area contributed by atoms with E-state index in [-0.39, 0.29) is 5.54 Å². The van der Waals surface area contributed by atoms with E-state index in [1.807, 2.05) is 34.6 Å². The van der Waals surface area contributed by atoms with E-state index >= 15 is 0 Å². The normalized spacial score (nSPS) is 11.8. The van der Waals surface area contributed by atoms with Crippen molar-refractivity contribution in [2.24, 2.45) is 0 Å². The zero-order chi connectivity index (χ0) is 12.8. The summed E-state index contributed by atoms with van der Waals surface area (Å²) in [6.45, 7) is 10.4. The number of carbonyl (C=O) groups is 1. The highest BCUT2D eigenvalue weighted by atomic mass is 16.6. The molecule has 0 aromatic rings. The molecule has 4 nitrogen and oxygen atoms in total. The third-order valence-corrected chi connectivity index (χ3v) is 1.63. The molecule has 0 rings (SSSR count). The van der Waals surface area contributed by atoms with Crippen molar-refractivity contribution in [2.45, 2.75) is 45.8 Å². The summed E-state index contributed by atoms with van der Waals surface area (Å²) in [6.07, 6.45) is 4.70. The Morgan fingerprint density at radius 1 is 1.31 bits per heavy atom. The van der Waals surface area contributed by atoms with E-state index in [9.17, 15) is 4.79 Å². The van der Waals surface area contributed by atoms with Gasteiger partial charge in [-0.25, -0.2) is 4.79 Å². The van der Waals surface area contributed by atoms with E-state index in [4.69, 9.17) is 11.2 Å². The van der Waals surface area contributed by atoms with Crippen LogP contribution in [0.5, 0.6) is 0 Å². The van der Waals surface area contributed by atoms with E-state index in [1.165, 1.54) is 0 Å². The Morgan fingerprint density at radius 2 is 1.88 bits per heavy atom. The lowest BCUT2D eigenvalue weighted by Crippen LogP contribution is -2.51. The number of alkyl carbamates (subject to hydrolysis) is 1. The minimum absolute atomic E-state index is 0.390. The third kappa shape index (κ3) is 8.13. The van der Waals surface area contributed by atoms with Crippen molar-refractivity contribution >= 4 is 6.09 Å². The summed E-state index contributed by atoms with van der Waals surface area (Å²) in [6, 6.07) is 0. The molecule has 1 amide bonds. The summed E-state index contributed by atoms with van der Waals surface area (Å²) < 4.78 is 5.16. The van der Waals surface area contributed by atoms with Gasteiger partial charge in [0.1, 0.15) is 5.60 Å². The van der Waals surface area contributed by atoms with Gasteiger partial charge in [0.05, 0.1) is 12.1 Å². The maximum Gasteiger partial charge on any atom is 0.408 e. The standard InChI is InChI=1S/C12H22N2O2/c1-7-8-13-9-12(5,6)14-10(15)16-11(2,3)4/h1,13H,8-9H2,2-6H3,(H,14,15). The first-order chi connectivity index (χ1) is 7.16. The molecule has 0 saturated carbocycles. The van der Waals surface area contributed by atoms with E-state index in [2.05, 4.69) is 16.6 Å². The van der Waals surface area contributed by atoms with Gasteiger partial charge in [-0.15, -0.1) is 6.42 Å². The number of carbonyl (C=O) groups excluding carboxylic acids is 1. The van der Waals surface area contributed by atoms with Gasteiger partial charge in [0.25, 0.3) is 0 Å². The van der Waals surface area contributed by atoms with Crippen molar-refractivity contribution in [1.82, 2.24) is 10.6 Å². The fourth-order valence-electron chi connectivity index (χ4n) is 1.07. The molecular formula is C12H22N2O2. The summed E-state index contributed by atoms with van der Waals surface area (Å²) in [5, 5.41) is 5.82. The van der Waals surface area contributed by atoms with Gasteiger partial charge in [0.2, 0.25) is 0 Å². The van der Waals surface area contributed by atoms with E-state index in [0.717, 1.165) is 0 Å². The summed E-state index contributed by atoms with van der Waals surface area (Å²) in [7, 11) is 0. The van der Waals surface area contributed by atoms with Crippen LogP contribution in [0.3, 0.4) is 0 Å². The van der Waals surface area contributed by atoms with Gasteiger partial charge >= 0.3 is 6.09 Å². The fraction of sp³-hybridized carbons (Fsp3) is 0.750. The van der Waals surface area contributed by atoms with Crippen LogP contribution >= 0.6 is 0 Å². The Balaban J connectivity index is 4.06. The molecule has 0 fully saturated rings. The minimum Gasteiger partial charge on any atom is -0.444 e. The van der Waals surface area contributed by atoms with Crippen LogP contribution < -0.4 is 10.6 Å². The number of hydrogen-bond donors (Lipinski definition) is 2. The Morgan fingerprint density at radius 3 is 2.31 bits per heavy atom. The number of nitrogens with one attached hydrogen (secondary N) is 2. The fourth-order valence-corrected chi connectivity index (χ4v) is 1.07. The van der Waals surface area contributed by atoms with Crippen molar-refractivity contribution in [3.8, 4) is 12.3 Å². The van der Waals surface area contributed by atoms with Crippen LogP contribution in [0.1, 0.15) is 34.6 Å². The van der Waals surface area contributed by atoms with Gasteiger partial charge in [-0.1, -0.05) is 5.92 Å². The average Bonchev–Trinajstić information content (AvgIpc) is 1.98. The van der Waals surface area contributed by atoms with Gasteiger partial charge in [0, 0.05) is 6.54 Å². The second-order valence-corrected chi connectivity index (χ2v) is 5.32. The lowest BCUT2D eigenvalue weighted by atomic mass is 10.1. The molecule has 0 radical (unpaired) electrons.